The van der Waals surface area contributed by atoms with E-state index in [1.807, 2.05) is 18.7 Å². The number of hydrogen-bond donors (Lipinski definition) is 1. The summed E-state index contributed by atoms with van der Waals surface area (Å²) in [5.41, 5.74) is 6.29. The monoisotopic (exact) mass is 260 g/mol. The molecule has 4 saturated carbocycles. The molecule has 1 heterocycles. The predicted molar refractivity (Wildman–Crippen MR) is 73.5 cm³/mol. The van der Waals surface area contributed by atoms with Crippen LogP contribution < -0.4 is 5.73 Å². The van der Waals surface area contributed by atoms with Gasteiger partial charge >= 0.3 is 0 Å². The molecule has 0 aromatic carbocycles. The maximum atomic E-state index is 6.00. The lowest BCUT2D eigenvalue weighted by atomic mass is 9.49. The summed E-state index contributed by atoms with van der Waals surface area (Å²) in [5, 5.41) is 4.75. The second-order valence-electron chi connectivity index (χ2n) is 7.40. The van der Waals surface area contributed by atoms with Crippen LogP contribution >= 0.6 is 0 Å². The summed E-state index contributed by atoms with van der Waals surface area (Å²) in [7, 11) is 1.98. The van der Waals surface area contributed by atoms with E-state index in [2.05, 4.69) is 0 Å². The fourth-order valence-electron chi connectivity index (χ4n) is 5.40. The van der Waals surface area contributed by atoms with Crippen molar-refractivity contribution < 1.29 is 0 Å². The molecule has 2 N–H and O–H groups in total. The van der Waals surface area contributed by atoms with Crippen molar-refractivity contribution in [1.29, 1.82) is 0 Å². The largest absolute Gasteiger partial charge is 0.322 e. The van der Waals surface area contributed by atoms with Gasteiger partial charge in [0, 0.05) is 12.5 Å². The molecular formula is C15H24N4. The predicted octanol–water partition coefficient (Wildman–Crippen LogP) is 2.30. The van der Waals surface area contributed by atoms with Crippen LogP contribution in [0.4, 0.5) is 0 Å². The second kappa shape index (κ2) is 3.81. The number of nitrogens with two attached hydrogens (primary N) is 1. The van der Waals surface area contributed by atoms with Gasteiger partial charge < -0.3 is 5.73 Å². The van der Waals surface area contributed by atoms with Crippen LogP contribution in [0.1, 0.15) is 63.1 Å². The van der Waals surface area contributed by atoms with E-state index in [0.717, 1.165) is 29.4 Å². The molecule has 4 fully saturated rings. The molecule has 1 aromatic rings. The smallest absolute Gasteiger partial charge is 0.157 e. The Morgan fingerprint density at radius 1 is 1.16 bits per heavy atom. The van der Waals surface area contributed by atoms with Gasteiger partial charge in [0.25, 0.3) is 0 Å². The first-order valence-electron chi connectivity index (χ1n) is 7.73. The highest BCUT2D eigenvalue weighted by molar-refractivity contribution is 5.18. The zero-order chi connectivity index (χ0) is 13.2. The second-order valence-corrected chi connectivity index (χ2v) is 7.40. The van der Waals surface area contributed by atoms with Crippen LogP contribution in [0.25, 0.3) is 0 Å². The molecule has 0 aliphatic heterocycles. The van der Waals surface area contributed by atoms with Crippen LogP contribution in [0.15, 0.2) is 0 Å². The van der Waals surface area contributed by atoms with Gasteiger partial charge in [-0.2, -0.15) is 5.10 Å². The Morgan fingerprint density at radius 2 is 1.68 bits per heavy atom. The van der Waals surface area contributed by atoms with Crippen molar-refractivity contribution >= 4 is 0 Å². The van der Waals surface area contributed by atoms with Gasteiger partial charge in [0.15, 0.2) is 5.82 Å². The highest BCUT2D eigenvalue weighted by atomic mass is 15.3. The van der Waals surface area contributed by atoms with E-state index in [0.29, 0.717) is 5.41 Å². The van der Waals surface area contributed by atoms with E-state index in [-0.39, 0.29) is 6.04 Å². The van der Waals surface area contributed by atoms with E-state index in [1.54, 1.807) is 0 Å². The molecule has 19 heavy (non-hydrogen) atoms. The van der Waals surface area contributed by atoms with E-state index in [1.165, 1.54) is 38.5 Å². The van der Waals surface area contributed by atoms with E-state index in [4.69, 9.17) is 15.8 Å². The molecule has 4 nitrogen and oxygen atoms in total. The SMILES string of the molecule is CC(N)c1nc(C23CC4CC(CC(C4)C2)C3)nn1C. The summed E-state index contributed by atoms with van der Waals surface area (Å²) < 4.78 is 1.90. The quantitative estimate of drug-likeness (QED) is 0.887. The topological polar surface area (TPSA) is 56.7 Å². The molecule has 0 radical (unpaired) electrons. The van der Waals surface area contributed by atoms with Gasteiger partial charge in [-0.25, -0.2) is 4.98 Å². The lowest BCUT2D eigenvalue weighted by Crippen LogP contribution is -2.49. The molecule has 4 aliphatic carbocycles. The van der Waals surface area contributed by atoms with Crippen molar-refractivity contribution in [2.45, 2.75) is 56.9 Å². The average molecular weight is 260 g/mol. The molecule has 1 atom stereocenters. The van der Waals surface area contributed by atoms with Gasteiger partial charge in [-0.15, -0.1) is 0 Å². The first-order valence-corrected chi connectivity index (χ1v) is 7.73. The Kier molecular flexibility index (Phi) is 2.39. The molecule has 1 aromatic heterocycles. The van der Waals surface area contributed by atoms with Crippen LogP contribution in [-0.2, 0) is 12.5 Å². The summed E-state index contributed by atoms with van der Waals surface area (Å²) >= 11 is 0. The van der Waals surface area contributed by atoms with Crippen LogP contribution in [0.2, 0.25) is 0 Å². The maximum absolute atomic E-state index is 6.00. The van der Waals surface area contributed by atoms with Crippen LogP contribution in [0.3, 0.4) is 0 Å². The summed E-state index contributed by atoms with van der Waals surface area (Å²) in [6.07, 6.45) is 8.36. The maximum Gasteiger partial charge on any atom is 0.157 e. The normalized spacial score (nSPS) is 41.7. The highest BCUT2D eigenvalue weighted by Crippen LogP contribution is 2.60. The standard InChI is InChI=1S/C15H24N4/c1-9(16)13-17-14(18-19(13)2)15-6-10-3-11(7-15)5-12(4-10)8-15/h9-12H,3-8,16H2,1-2H3. The van der Waals surface area contributed by atoms with Crippen LogP contribution in [-0.4, -0.2) is 14.8 Å². The molecule has 4 bridgehead atoms. The zero-order valence-electron chi connectivity index (χ0n) is 12.0. The van der Waals surface area contributed by atoms with E-state index >= 15 is 0 Å². The summed E-state index contributed by atoms with van der Waals surface area (Å²) in [4.78, 5) is 4.83. The minimum Gasteiger partial charge on any atom is -0.322 e. The number of nitrogens with zero attached hydrogens (tertiary/aromatic N) is 3. The van der Waals surface area contributed by atoms with Crippen molar-refractivity contribution in [3.63, 3.8) is 0 Å². The van der Waals surface area contributed by atoms with Gasteiger partial charge in [0.2, 0.25) is 0 Å². The molecule has 4 aliphatic rings. The van der Waals surface area contributed by atoms with E-state index < -0.39 is 0 Å². The number of aromatic nitrogens is 3. The Balaban J connectivity index is 1.73. The fraction of sp³-hybridized carbons (Fsp3) is 0.867. The number of aryl methyl sites for hydroxylation is 1. The molecule has 4 heteroatoms. The summed E-state index contributed by atoms with van der Waals surface area (Å²) in [5.74, 6) is 4.85. The minimum atomic E-state index is -0.0276. The molecule has 104 valence electrons. The van der Waals surface area contributed by atoms with Gasteiger partial charge in [0.05, 0.1) is 6.04 Å². The Labute approximate surface area is 114 Å². The molecule has 5 rings (SSSR count). The summed E-state index contributed by atoms with van der Waals surface area (Å²) in [6.45, 7) is 1.99. The third-order valence-electron chi connectivity index (χ3n) is 5.72. The van der Waals surface area contributed by atoms with Gasteiger partial charge in [0.1, 0.15) is 5.82 Å². The Bertz CT molecular complexity index is 467. The fourth-order valence-corrected chi connectivity index (χ4v) is 5.40. The third-order valence-corrected chi connectivity index (χ3v) is 5.72. The Hall–Kier alpha value is -0.900. The van der Waals surface area contributed by atoms with Gasteiger partial charge in [-0.1, -0.05) is 0 Å². The van der Waals surface area contributed by atoms with Crippen LogP contribution in [0, 0.1) is 17.8 Å². The molecule has 0 amide bonds. The molecule has 0 saturated heterocycles. The van der Waals surface area contributed by atoms with Crippen molar-refractivity contribution in [3.8, 4) is 0 Å². The van der Waals surface area contributed by atoms with Crippen molar-refractivity contribution in [3.05, 3.63) is 11.6 Å². The molecule has 0 spiro atoms. The lowest BCUT2D eigenvalue weighted by Gasteiger charge is -2.55. The van der Waals surface area contributed by atoms with Gasteiger partial charge in [-0.3, -0.25) is 4.68 Å². The Morgan fingerprint density at radius 3 is 2.11 bits per heavy atom. The van der Waals surface area contributed by atoms with Crippen molar-refractivity contribution in [2.75, 3.05) is 0 Å². The third kappa shape index (κ3) is 1.69. The van der Waals surface area contributed by atoms with Gasteiger partial charge in [-0.05, 0) is 63.2 Å². The minimum absolute atomic E-state index is 0.0276. The summed E-state index contributed by atoms with van der Waals surface area (Å²) in [6, 6.07) is -0.0276. The zero-order valence-corrected chi connectivity index (χ0v) is 12.0. The van der Waals surface area contributed by atoms with E-state index in [9.17, 15) is 0 Å². The van der Waals surface area contributed by atoms with Crippen molar-refractivity contribution in [2.24, 2.45) is 30.5 Å². The van der Waals surface area contributed by atoms with Crippen molar-refractivity contribution in [1.82, 2.24) is 14.8 Å². The molecule has 1 unspecified atom stereocenters. The number of rotatable bonds is 2. The highest BCUT2D eigenvalue weighted by Gasteiger charge is 2.53. The lowest BCUT2D eigenvalue weighted by molar-refractivity contribution is -0.00942. The first kappa shape index (κ1) is 11.9. The number of hydrogen-bond acceptors (Lipinski definition) is 3. The average Bonchev–Trinajstić information content (AvgIpc) is 2.70. The first-order chi connectivity index (χ1) is 9.06. The molecular weight excluding hydrogens is 236 g/mol. The van der Waals surface area contributed by atoms with Crippen LogP contribution in [0.5, 0.6) is 0 Å².